The number of nitrogens with one attached hydrogen (secondary N) is 1. The number of piperidine rings is 1. The number of likely N-dealkylation sites (N-methyl/N-ethyl adjacent to an activating group) is 1. The van der Waals surface area contributed by atoms with Gasteiger partial charge in [-0.15, -0.1) is 0 Å². The van der Waals surface area contributed by atoms with Gasteiger partial charge in [0.2, 0.25) is 11.1 Å². The Bertz CT molecular complexity index is 1410. The second kappa shape index (κ2) is 14.2. The van der Waals surface area contributed by atoms with Crippen LogP contribution in [-0.4, -0.2) is 82.1 Å². The highest BCUT2D eigenvalue weighted by molar-refractivity contribution is 6.11. The number of aromatic nitrogens is 1. The van der Waals surface area contributed by atoms with Gasteiger partial charge in [0.05, 0.1) is 49.8 Å². The maximum absolute atomic E-state index is 6.52. The molecule has 9 heteroatoms. The van der Waals surface area contributed by atoms with Crippen molar-refractivity contribution in [3.05, 3.63) is 42.5 Å². The number of benzene rings is 2. The lowest BCUT2D eigenvalue weighted by Gasteiger charge is -2.37. The van der Waals surface area contributed by atoms with Crippen molar-refractivity contribution in [3.63, 3.8) is 0 Å². The van der Waals surface area contributed by atoms with Crippen LogP contribution < -0.4 is 62.6 Å². The van der Waals surface area contributed by atoms with Crippen molar-refractivity contribution in [3.8, 4) is 5.75 Å². The number of pyridine rings is 1. The largest absolute Gasteiger partial charge is 1.00 e. The Labute approximate surface area is 271 Å². The molecule has 7 nitrogen and oxygen atoms in total. The van der Waals surface area contributed by atoms with E-state index in [-0.39, 0.29) is 48.0 Å². The van der Waals surface area contributed by atoms with E-state index in [0.29, 0.717) is 0 Å². The molecule has 2 saturated heterocycles. The van der Waals surface area contributed by atoms with E-state index in [2.05, 4.69) is 71.3 Å². The van der Waals surface area contributed by atoms with Gasteiger partial charge in [0.25, 0.3) is 5.52 Å². The third-order valence-corrected chi connectivity index (χ3v) is 8.58. The number of morpholine rings is 1. The summed E-state index contributed by atoms with van der Waals surface area (Å²) in [4.78, 5) is 2.49. The minimum atomic E-state index is 0. The van der Waals surface area contributed by atoms with Crippen molar-refractivity contribution in [1.82, 2.24) is 4.90 Å². The molecule has 0 unspecified atom stereocenters. The molecule has 0 amide bonds. The van der Waals surface area contributed by atoms with Crippen LogP contribution in [0.25, 0.3) is 33.0 Å². The molecule has 6 rings (SSSR count). The standard InChI is InChI=1S/C31H41N4O3.2HI/c1-33-27-10-5-4-9-25(27)29(32-13-8-14-34-15-20-36-21-16-34)31-30(33)26-23-24(11-12-28(26)38-31)37-22-19-35(2)17-6-3-7-18-35;;/h4-5,9-12,23H,3,6-8,13-22H2,1-2H3;2*1H/q+1;;/p-1. The predicted molar refractivity (Wildman–Crippen MR) is 153 cm³/mol. The van der Waals surface area contributed by atoms with E-state index < -0.39 is 0 Å². The average Bonchev–Trinajstić information content (AvgIpc) is 3.32. The lowest BCUT2D eigenvalue weighted by atomic mass is 10.1. The zero-order valence-corrected chi connectivity index (χ0v) is 28.1. The van der Waals surface area contributed by atoms with Crippen LogP contribution in [-0.2, 0) is 11.8 Å². The fourth-order valence-corrected chi connectivity index (χ4v) is 6.28. The molecule has 0 spiro atoms. The summed E-state index contributed by atoms with van der Waals surface area (Å²) >= 11 is 0. The third kappa shape index (κ3) is 6.79. The molecule has 4 aromatic rings. The summed E-state index contributed by atoms with van der Waals surface area (Å²) < 4.78 is 21.7. The predicted octanol–water partition coefficient (Wildman–Crippen LogP) is -1.28. The van der Waals surface area contributed by atoms with Gasteiger partial charge in [0.15, 0.2) is 0 Å². The van der Waals surface area contributed by atoms with E-state index >= 15 is 0 Å². The number of furan rings is 1. The van der Waals surface area contributed by atoms with Gasteiger partial charge in [-0.25, -0.2) is 0 Å². The highest BCUT2D eigenvalue weighted by Crippen LogP contribution is 2.37. The molecule has 2 aromatic carbocycles. The molecule has 0 bridgehead atoms. The SMILES string of the molecule is C[n+]1c2ccccc2c(NCCCN2CCOCC2)c2oc3ccc(OCC[N+]4(C)CCCCC4)cc3c21.[I-].[I-]. The molecule has 0 saturated carbocycles. The van der Waals surface area contributed by atoms with Gasteiger partial charge < -0.3 is 71.6 Å². The Balaban J connectivity index is 0.00000185. The van der Waals surface area contributed by atoms with Crippen molar-refractivity contribution in [2.24, 2.45) is 7.05 Å². The van der Waals surface area contributed by atoms with Gasteiger partial charge in [-0.05, 0) is 56.5 Å². The molecule has 0 atom stereocenters. The average molecular weight is 773 g/mol. The number of likely N-dealkylation sites (tertiary alicyclic amines) is 1. The molecule has 2 aliphatic heterocycles. The Morgan fingerprint density at radius 2 is 1.77 bits per heavy atom. The zero-order chi connectivity index (χ0) is 26.0. The number of anilines is 1. The first-order valence-electron chi connectivity index (χ1n) is 14.4. The van der Waals surface area contributed by atoms with Crippen LogP contribution in [0.2, 0.25) is 0 Å². The Kier molecular flexibility index (Phi) is 11.2. The summed E-state index contributed by atoms with van der Waals surface area (Å²) in [5.41, 5.74) is 5.18. The summed E-state index contributed by atoms with van der Waals surface area (Å²) in [6.45, 7) is 10.0. The van der Waals surface area contributed by atoms with Gasteiger partial charge in [0.1, 0.15) is 31.5 Å². The molecule has 218 valence electrons. The van der Waals surface area contributed by atoms with Crippen LogP contribution in [0.1, 0.15) is 25.7 Å². The molecule has 2 aliphatic rings. The topological polar surface area (TPSA) is 50.8 Å². The number of para-hydroxylation sites is 1. The van der Waals surface area contributed by atoms with Crippen molar-refractivity contribution >= 4 is 38.7 Å². The second-order valence-electron chi connectivity index (χ2n) is 11.3. The van der Waals surface area contributed by atoms with E-state index in [1.807, 2.05) is 0 Å². The smallest absolute Gasteiger partial charge is 0.261 e. The molecular weight excluding hydrogens is 730 g/mol. The van der Waals surface area contributed by atoms with E-state index in [4.69, 9.17) is 13.9 Å². The first kappa shape index (κ1) is 31.5. The summed E-state index contributed by atoms with van der Waals surface area (Å²) in [5, 5.41) is 6.03. The summed E-state index contributed by atoms with van der Waals surface area (Å²) in [7, 11) is 4.51. The molecule has 0 aliphatic carbocycles. The number of rotatable bonds is 9. The summed E-state index contributed by atoms with van der Waals surface area (Å²) in [6, 6.07) is 14.9. The maximum Gasteiger partial charge on any atom is 0.261 e. The Hall–Kier alpha value is -1.41. The van der Waals surface area contributed by atoms with E-state index in [1.54, 1.807) is 0 Å². The minimum absolute atomic E-state index is 0. The van der Waals surface area contributed by atoms with Gasteiger partial charge in [-0.2, -0.15) is 4.57 Å². The maximum atomic E-state index is 6.52. The van der Waals surface area contributed by atoms with Crippen LogP contribution >= 0.6 is 0 Å². The van der Waals surface area contributed by atoms with Crippen LogP contribution in [0.5, 0.6) is 5.75 Å². The Morgan fingerprint density at radius 3 is 2.58 bits per heavy atom. The molecule has 1 N–H and O–H groups in total. The van der Waals surface area contributed by atoms with Crippen molar-refractivity contribution in [2.75, 3.05) is 78.0 Å². The number of hydrogen-bond donors (Lipinski definition) is 1. The first-order valence-corrected chi connectivity index (χ1v) is 14.4. The van der Waals surface area contributed by atoms with Crippen molar-refractivity contribution in [2.45, 2.75) is 25.7 Å². The molecule has 4 heterocycles. The van der Waals surface area contributed by atoms with Gasteiger partial charge in [-0.1, -0.05) is 12.1 Å². The van der Waals surface area contributed by atoms with Crippen LogP contribution in [0.15, 0.2) is 46.9 Å². The number of quaternary nitrogens is 1. The number of fused-ring (bicyclic) bond motifs is 4. The van der Waals surface area contributed by atoms with Crippen LogP contribution in [0.4, 0.5) is 5.69 Å². The summed E-state index contributed by atoms with van der Waals surface area (Å²) in [6.07, 6.45) is 5.11. The van der Waals surface area contributed by atoms with Gasteiger partial charge >= 0.3 is 0 Å². The fraction of sp³-hybridized carbons (Fsp3) is 0.516. The Morgan fingerprint density at radius 1 is 1.00 bits per heavy atom. The molecule has 40 heavy (non-hydrogen) atoms. The first-order chi connectivity index (χ1) is 18.6. The minimum Gasteiger partial charge on any atom is -1.00 e. The zero-order valence-electron chi connectivity index (χ0n) is 23.8. The highest BCUT2D eigenvalue weighted by Gasteiger charge is 2.26. The lowest BCUT2D eigenvalue weighted by molar-refractivity contribution is -0.914. The van der Waals surface area contributed by atoms with Crippen molar-refractivity contribution < 1.29 is 70.9 Å². The normalized spacial score (nSPS) is 17.4. The highest BCUT2D eigenvalue weighted by atomic mass is 127. The van der Waals surface area contributed by atoms with Crippen LogP contribution in [0.3, 0.4) is 0 Å². The van der Waals surface area contributed by atoms with Gasteiger partial charge in [0, 0.05) is 25.7 Å². The van der Waals surface area contributed by atoms with Gasteiger partial charge in [-0.3, -0.25) is 4.90 Å². The fourth-order valence-electron chi connectivity index (χ4n) is 6.28. The van der Waals surface area contributed by atoms with Crippen LogP contribution in [0, 0.1) is 0 Å². The lowest BCUT2D eigenvalue weighted by Crippen LogP contribution is -3.00. The number of nitrogens with zero attached hydrogens (tertiary/aromatic N) is 3. The quantitative estimate of drug-likeness (QED) is 0.0996. The number of hydrogen-bond acceptors (Lipinski definition) is 5. The molecule has 2 aromatic heterocycles. The number of ether oxygens (including phenoxy) is 2. The molecule has 0 radical (unpaired) electrons. The number of aryl methyl sites for hydroxylation is 1. The summed E-state index contributed by atoms with van der Waals surface area (Å²) in [5.74, 6) is 0.914. The molecule has 2 fully saturated rings. The number of halogens is 2. The second-order valence-corrected chi connectivity index (χ2v) is 11.3. The van der Waals surface area contributed by atoms with E-state index in [1.165, 1.54) is 43.3 Å². The molecular formula is C31H42I2N4O3. The monoisotopic (exact) mass is 772 g/mol. The van der Waals surface area contributed by atoms with E-state index in [0.717, 1.165) is 97.0 Å². The van der Waals surface area contributed by atoms with E-state index in [9.17, 15) is 0 Å². The third-order valence-electron chi connectivity index (χ3n) is 8.58. The van der Waals surface area contributed by atoms with Crippen molar-refractivity contribution in [1.29, 1.82) is 0 Å².